The van der Waals surface area contributed by atoms with Crippen LogP contribution in [0.4, 0.5) is 0 Å². The number of hydrogen-bond acceptors (Lipinski definition) is 1. The monoisotopic (exact) mass is 254 g/mol. The van der Waals surface area contributed by atoms with Gasteiger partial charge in [0.1, 0.15) is 0 Å². The topological polar surface area (TPSA) is 23.8 Å². The Labute approximate surface area is 79.5 Å². The first kappa shape index (κ1) is 8.28. The van der Waals surface area contributed by atoms with Crippen LogP contribution in [0.1, 0.15) is 11.1 Å². The van der Waals surface area contributed by atoms with Crippen molar-refractivity contribution < 1.29 is 0 Å². The summed E-state index contributed by atoms with van der Waals surface area (Å²) in [5.74, 6) is 0. The van der Waals surface area contributed by atoms with Crippen LogP contribution in [0.15, 0.2) is 24.8 Å². The van der Waals surface area contributed by atoms with Gasteiger partial charge in [-0.2, -0.15) is 5.26 Å². The van der Waals surface area contributed by atoms with Crippen LogP contribution >= 0.6 is 22.6 Å². The predicted molar refractivity (Wildman–Crippen MR) is 51.8 cm³/mol. The molecule has 1 rings (SSSR count). The lowest BCUT2D eigenvalue weighted by atomic mass is 10.1. The van der Waals surface area contributed by atoms with Gasteiger partial charge in [-0.25, -0.2) is 0 Å². The molecule has 0 aliphatic heterocycles. The molecule has 0 saturated carbocycles. The van der Waals surface area contributed by atoms with Crippen LogP contribution in [0.25, 0.3) is 0 Å². The van der Waals surface area contributed by atoms with E-state index < -0.39 is 0 Å². The molecular formula is C9H5IN. The van der Waals surface area contributed by atoms with Crippen molar-refractivity contribution in [2.24, 2.45) is 0 Å². The second-order valence-electron chi connectivity index (χ2n) is 1.98. The first-order valence-electron chi connectivity index (χ1n) is 3.00. The molecule has 11 heavy (non-hydrogen) atoms. The molecule has 1 aromatic rings. The molecule has 0 heterocycles. The Morgan fingerprint density at radius 1 is 1.45 bits per heavy atom. The molecule has 0 atom stereocenters. The minimum atomic E-state index is 0.650. The fourth-order valence-electron chi connectivity index (χ4n) is 0.730. The Morgan fingerprint density at radius 2 is 2.18 bits per heavy atom. The Kier molecular flexibility index (Phi) is 2.66. The van der Waals surface area contributed by atoms with Gasteiger partial charge in [-0.15, -0.1) is 0 Å². The van der Waals surface area contributed by atoms with Crippen LogP contribution in [0, 0.1) is 21.0 Å². The van der Waals surface area contributed by atoms with Crippen molar-refractivity contribution in [1.29, 1.82) is 5.26 Å². The predicted octanol–water partition coefficient (Wildman–Crippen LogP) is 2.50. The molecule has 0 amide bonds. The summed E-state index contributed by atoms with van der Waals surface area (Å²) in [6.07, 6.45) is 2.76. The molecule has 1 aromatic carbocycles. The SMILES string of the molecule is C=[C]c1cc(C#N)ccc1I. The summed E-state index contributed by atoms with van der Waals surface area (Å²) in [5.41, 5.74) is 1.54. The molecule has 53 valence electrons. The number of nitriles is 1. The summed E-state index contributed by atoms with van der Waals surface area (Å²) in [5, 5.41) is 8.55. The van der Waals surface area contributed by atoms with Gasteiger partial charge < -0.3 is 0 Å². The van der Waals surface area contributed by atoms with Gasteiger partial charge in [-0.05, 0) is 52.4 Å². The van der Waals surface area contributed by atoms with Crippen molar-refractivity contribution in [3.05, 3.63) is 45.6 Å². The molecule has 0 spiro atoms. The van der Waals surface area contributed by atoms with Crippen molar-refractivity contribution in [1.82, 2.24) is 0 Å². The van der Waals surface area contributed by atoms with Crippen LogP contribution in [0.3, 0.4) is 0 Å². The summed E-state index contributed by atoms with van der Waals surface area (Å²) in [4.78, 5) is 0. The van der Waals surface area contributed by atoms with E-state index in [1.54, 1.807) is 12.1 Å². The Morgan fingerprint density at radius 3 is 2.73 bits per heavy atom. The second-order valence-corrected chi connectivity index (χ2v) is 3.15. The van der Waals surface area contributed by atoms with Gasteiger partial charge in [0.05, 0.1) is 11.6 Å². The molecule has 0 fully saturated rings. The van der Waals surface area contributed by atoms with Crippen LogP contribution in [0.5, 0.6) is 0 Å². The lowest BCUT2D eigenvalue weighted by Gasteiger charge is -1.96. The molecule has 0 aromatic heterocycles. The fraction of sp³-hybridized carbons (Fsp3) is 0. The van der Waals surface area contributed by atoms with E-state index in [-0.39, 0.29) is 0 Å². The van der Waals surface area contributed by atoms with Gasteiger partial charge in [0, 0.05) is 3.57 Å². The third kappa shape index (κ3) is 1.81. The van der Waals surface area contributed by atoms with Crippen LogP contribution in [0.2, 0.25) is 0 Å². The molecule has 0 N–H and O–H groups in total. The maximum Gasteiger partial charge on any atom is 0.0991 e. The lowest BCUT2D eigenvalue weighted by molar-refractivity contribution is 1.44. The summed E-state index contributed by atoms with van der Waals surface area (Å²) >= 11 is 2.18. The van der Waals surface area contributed by atoms with E-state index in [0.717, 1.165) is 9.13 Å². The largest absolute Gasteiger partial charge is 0.192 e. The van der Waals surface area contributed by atoms with Gasteiger partial charge in [0.2, 0.25) is 0 Å². The standard InChI is InChI=1S/C9H5IN/c1-2-8-5-7(6-11)3-4-9(8)10/h3-5H,1H2. The summed E-state index contributed by atoms with van der Waals surface area (Å²) < 4.78 is 1.07. The quantitative estimate of drug-likeness (QED) is 0.706. The minimum Gasteiger partial charge on any atom is -0.192 e. The Bertz CT molecular complexity index is 323. The smallest absolute Gasteiger partial charge is 0.0991 e. The fourth-order valence-corrected chi connectivity index (χ4v) is 1.26. The van der Waals surface area contributed by atoms with Gasteiger partial charge in [-0.1, -0.05) is 6.58 Å². The zero-order valence-electron chi connectivity index (χ0n) is 5.76. The highest BCUT2D eigenvalue weighted by Gasteiger charge is 1.96. The number of nitrogens with zero attached hydrogens (tertiary/aromatic N) is 1. The van der Waals surface area contributed by atoms with Gasteiger partial charge in [-0.3, -0.25) is 0 Å². The summed E-state index contributed by atoms with van der Waals surface area (Å²) in [6.45, 7) is 3.53. The zero-order valence-corrected chi connectivity index (χ0v) is 7.92. The number of benzene rings is 1. The average Bonchev–Trinajstić information content (AvgIpc) is 2.05. The van der Waals surface area contributed by atoms with E-state index in [1.165, 1.54) is 0 Å². The van der Waals surface area contributed by atoms with E-state index in [2.05, 4.69) is 41.3 Å². The van der Waals surface area contributed by atoms with Crippen molar-refractivity contribution >= 4 is 22.6 Å². The molecule has 2 heteroatoms. The van der Waals surface area contributed by atoms with Gasteiger partial charge in [0.15, 0.2) is 0 Å². The van der Waals surface area contributed by atoms with Crippen molar-refractivity contribution in [2.45, 2.75) is 0 Å². The van der Waals surface area contributed by atoms with Crippen LogP contribution in [-0.2, 0) is 0 Å². The molecule has 1 nitrogen and oxygen atoms in total. The highest BCUT2D eigenvalue weighted by Crippen LogP contribution is 2.13. The minimum absolute atomic E-state index is 0.650. The maximum absolute atomic E-state index is 8.55. The summed E-state index contributed by atoms with van der Waals surface area (Å²) in [7, 11) is 0. The summed E-state index contributed by atoms with van der Waals surface area (Å²) in [6, 6.07) is 7.49. The Hall–Kier alpha value is -0.820. The molecule has 0 aliphatic rings. The van der Waals surface area contributed by atoms with Crippen molar-refractivity contribution in [3.63, 3.8) is 0 Å². The zero-order chi connectivity index (χ0) is 8.27. The Balaban J connectivity index is 3.25. The number of halogens is 1. The lowest BCUT2D eigenvalue weighted by Crippen LogP contribution is -1.82. The highest BCUT2D eigenvalue weighted by atomic mass is 127. The average molecular weight is 254 g/mol. The van der Waals surface area contributed by atoms with E-state index in [1.807, 2.05) is 6.07 Å². The van der Waals surface area contributed by atoms with E-state index in [9.17, 15) is 0 Å². The third-order valence-electron chi connectivity index (χ3n) is 1.29. The first-order valence-corrected chi connectivity index (χ1v) is 4.08. The maximum atomic E-state index is 8.55. The van der Waals surface area contributed by atoms with E-state index in [0.29, 0.717) is 5.56 Å². The molecule has 0 bridgehead atoms. The molecular weight excluding hydrogens is 249 g/mol. The van der Waals surface area contributed by atoms with Crippen molar-refractivity contribution in [3.8, 4) is 6.07 Å². The normalized spacial score (nSPS) is 8.73. The molecule has 0 aliphatic carbocycles. The highest BCUT2D eigenvalue weighted by molar-refractivity contribution is 14.1. The number of hydrogen-bond donors (Lipinski definition) is 0. The van der Waals surface area contributed by atoms with E-state index >= 15 is 0 Å². The molecule has 0 unspecified atom stereocenters. The van der Waals surface area contributed by atoms with Crippen molar-refractivity contribution in [2.75, 3.05) is 0 Å². The number of rotatable bonds is 1. The van der Waals surface area contributed by atoms with E-state index in [4.69, 9.17) is 5.26 Å². The van der Waals surface area contributed by atoms with Gasteiger partial charge >= 0.3 is 0 Å². The molecule has 1 radical (unpaired) electrons. The second kappa shape index (κ2) is 3.54. The van der Waals surface area contributed by atoms with Crippen LogP contribution < -0.4 is 0 Å². The third-order valence-corrected chi connectivity index (χ3v) is 2.23. The molecule has 0 saturated heterocycles. The van der Waals surface area contributed by atoms with Gasteiger partial charge in [0.25, 0.3) is 0 Å². The first-order chi connectivity index (χ1) is 5.27. The van der Waals surface area contributed by atoms with Crippen LogP contribution in [-0.4, -0.2) is 0 Å².